The molecular weight excluding hydrogens is 295 g/mol. The summed E-state index contributed by atoms with van der Waals surface area (Å²) in [7, 11) is 0. The van der Waals surface area contributed by atoms with E-state index in [-0.39, 0.29) is 24.5 Å². The maximum atomic E-state index is 12.3. The van der Waals surface area contributed by atoms with Crippen LogP contribution in [0.4, 0.5) is 24.0 Å². The third-order valence-corrected chi connectivity index (χ3v) is 3.93. The van der Waals surface area contributed by atoms with Crippen LogP contribution in [0, 0.1) is 0 Å². The van der Waals surface area contributed by atoms with E-state index in [9.17, 15) is 18.0 Å². The molecule has 0 saturated carbocycles. The van der Waals surface area contributed by atoms with Crippen molar-refractivity contribution in [1.29, 1.82) is 0 Å². The zero-order chi connectivity index (χ0) is 14.9. The number of halogens is 3. The van der Waals surface area contributed by atoms with Crippen molar-refractivity contribution in [1.82, 2.24) is 9.27 Å². The molecular formula is C10H14F3N5OS. The predicted molar refractivity (Wildman–Crippen MR) is 69.8 cm³/mol. The Hall–Kier alpha value is -1.55. The Kier molecular flexibility index (Phi) is 4.04. The Morgan fingerprint density at radius 2 is 1.90 bits per heavy atom. The second-order valence-electron chi connectivity index (χ2n) is 4.49. The molecule has 0 aromatic carbocycles. The van der Waals surface area contributed by atoms with E-state index in [1.54, 1.807) is 4.90 Å². The third kappa shape index (κ3) is 3.31. The van der Waals surface area contributed by atoms with Crippen LogP contribution in [0.1, 0.15) is 10.4 Å². The number of alkyl halides is 3. The minimum Gasteiger partial charge on any atom is -0.382 e. The van der Waals surface area contributed by atoms with E-state index in [2.05, 4.69) is 4.37 Å². The van der Waals surface area contributed by atoms with E-state index < -0.39 is 18.6 Å². The van der Waals surface area contributed by atoms with Gasteiger partial charge in [0.2, 0.25) is 0 Å². The van der Waals surface area contributed by atoms with Gasteiger partial charge >= 0.3 is 6.18 Å². The lowest BCUT2D eigenvalue weighted by Gasteiger charge is -2.35. The molecule has 1 aliphatic rings. The van der Waals surface area contributed by atoms with Gasteiger partial charge in [-0.1, -0.05) is 0 Å². The molecule has 0 bridgehead atoms. The average Bonchev–Trinajstić information content (AvgIpc) is 2.70. The highest BCUT2D eigenvalue weighted by Gasteiger charge is 2.33. The summed E-state index contributed by atoms with van der Waals surface area (Å²) in [6, 6.07) is 0. The smallest absolute Gasteiger partial charge is 0.382 e. The maximum absolute atomic E-state index is 12.3. The minimum absolute atomic E-state index is 0.0650. The molecule has 6 nitrogen and oxygen atoms in total. The number of hydrogen-bond donors (Lipinski definition) is 2. The Morgan fingerprint density at radius 1 is 1.30 bits per heavy atom. The van der Waals surface area contributed by atoms with Crippen molar-refractivity contribution in [2.45, 2.75) is 6.18 Å². The third-order valence-electron chi connectivity index (χ3n) is 3.01. The van der Waals surface area contributed by atoms with Crippen molar-refractivity contribution in [3.8, 4) is 0 Å². The fourth-order valence-corrected chi connectivity index (χ4v) is 2.97. The lowest BCUT2D eigenvalue weighted by molar-refractivity contribution is -0.146. The first-order valence-corrected chi connectivity index (χ1v) is 6.64. The first kappa shape index (κ1) is 14.9. The zero-order valence-electron chi connectivity index (χ0n) is 10.5. The number of rotatable bonds is 3. The fraction of sp³-hybridized carbons (Fsp3) is 0.600. The van der Waals surface area contributed by atoms with Crippen molar-refractivity contribution < 1.29 is 18.0 Å². The molecule has 1 aromatic rings. The Bertz CT molecular complexity index is 496. The van der Waals surface area contributed by atoms with Crippen molar-refractivity contribution in [2.75, 3.05) is 43.4 Å². The van der Waals surface area contributed by atoms with Gasteiger partial charge in [-0.2, -0.15) is 17.5 Å². The summed E-state index contributed by atoms with van der Waals surface area (Å²) in [6.45, 7) is 0.343. The normalized spacial score (nSPS) is 17.4. The molecule has 1 aliphatic heterocycles. The lowest BCUT2D eigenvalue weighted by Crippen LogP contribution is -2.49. The number of nitrogens with two attached hydrogens (primary N) is 2. The number of carbonyl (C=O) groups is 1. The van der Waals surface area contributed by atoms with Gasteiger partial charge in [0.1, 0.15) is 10.6 Å². The molecule has 10 heteroatoms. The summed E-state index contributed by atoms with van der Waals surface area (Å²) in [5.41, 5.74) is 11.0. The maximum Gasteiger partial charge on any atom is 0.401 e. The van der Waals surface area contributed by atoms with Crippen molar-refractivity contribution in [3.05, 3.63) is 5.56 Å². The number of nitrogen functional groups attached to an aromatic ring is 1. The van der Waals surface area contributed by atoms with E-state index in [0.717, 1.165) is 11.5 Å². The quantitative estimate of drug-likeness (QED) is 0.849. The largest absolute Gasteiger partial charge is 0.401 e. The van der Waals surface area contributed by atoms with Gasteiger partial charge < -0.3 is 16.4 Å². The molecule has 1 aromatic heterocycles. The molecule has 1 saturated heterocycles. The van der Waals surface area contributed by atoms with Crippen LogP contribution < -0.4 is 16.4 Å². The topological polar surface area (TPSA) is 88.5 Å². The fourth-order valence-electron chi connectivity index (χ4n) is 2.10. The van der Waals surface area contributed by atoms with E-state index in [1.165, 1.54) is 4.90 Å². The molecule has 2 rings (SSSR count). The standard InChI is InChI=1S/C10H14F3N5OS/c11-10(12,13)5-17-1-3-18(4-2-17)9-6(8(15)19)7(14)16-20-9/h1-5H2,(H2,14,16)(H2,15,19). The molecule has 20 heavy (non-hydrogen) atoms. The highest BCUT2D eigenvalue weighted by molar-refractivity contribution is 7.11. The molecule has 2 heterocycles. The first-order chi connectivity index (χ1) is 9.28. The molecule has 0 spiro atoms. The Labute approximate surface area is 117 Å². The SMILES string of the molecule is NC(=O)c1c(N)nsc1N1CCN(CC(F)(F)F)CC1. The molecule has 0 atom stereocenters. The second kappa shape index (κ2) is 5.44. The number of nitrogens with zero attached hydrogens (tertiary/aromatic N) is 3. The van der Waals surface area contributed by atoms with Crippen LogP contribution in [0.5, 0.6) is 0 Å². The molecule has 1 amide bonds. The number of anilines is 2. The summed E-state index contributed by atoms with van der Waals surface area (Å²) >= 11 is 1.03. The van der Waals surface area contributed by atoms with Gasteiger partial charge in [-0.05, 0) is 11.5 Å². The summed E-state index contributed by atoms with van der Waals surface area (Å²) in [5.74, 6) is -0.612. The predicted octanol–water partition coefficient (Wildman–Crippen LogP) is 0.508. The zero-order valence-corrected chi connectivity index (χ0v) is 11.3. The molecule has 1 fully saturated rings. The number of piperazine rings is 1. The van der Waals surface area contributed by atoms with Crippen LogP contribution in [-0.2, 0) is 0 Å². The van der Waals surface area contributed by atoms with Crippen LogP contribution >= 0.6 is 11.5 Å². The molecule has 0 unspecified atom stereocenters. The Morgan fingerprint density at radius 3 is 2.40 bits per heavy atom. The molecule has 112 valence electrons. The summed E-state index contributed by atoms with van der Waals surface area (Å²) in [4.78, 5) is 14.4. The van der Waals surface area contributed by atoms with Crippen LogP contribution in [0.15, 0.2) is 0 Å². The van der Waals surface area contributed by atoms with E-state index in [1.807, 2.05) is 0 Å². The molecule has 4 N–H and O–H groups in total. The molecule has 0 aliphatic carbocycles. The average molecular weight is 309 g/mol. The Balaban J connectivity index is 2.03. The monoisotopic (exact) mass is 309 g/mol. The van der Waals surface area contributed by atoms with E-state index in [4.69, 9.17) is 11.5 Å². The minimum atomic E-state index is -4.20. The van der Waals surface area contributed by atoms with E-state index in [0.29, 0.717) is 18.1 Å². The number of hydrogen-bond acceptors (Lipinski definition) is 6. The molecule has 0 radical (unpaired) electrons. The van der Waals surface area contributed by atoms with Crippen LogP contribution in [0.25, 0.3) is 0 Å². The van der Waals surface area contributed by atoms with Crippen LogP contribution in [-0.4, -0.2) is 54.1 Å². The highest BCUT2D eigenvalue weighted by Crippen LogP contribution is 2.31. The van der Waals surface area contributed by atoms with Crippen molar-refractivity contribution in [2.24, 2.45) is 5.73 Å². The van der Waals surface area contributed by atoms with Gasteiger partial charge in [0, 0.05) is 26.2 Å². The second-order valence-corrected chi connectivity index (χ2v) is 5.24. The van der Waals surface area contributed by atoms with Gasteiger partial charge in [0.25, 0.3) is 5.91 Å². The van der Waals surface area contributed by atoms with Crippen molar-refractivity contribution in [3.63, 3.8) is 0 Å². The lowest BCUT2D eigenvalue weighted by atomic mass is 10.2. The number of primary amides is 1. The van der Waals surface area contributed by atoms with Gasteiger partial charge in [-0.15, -0.1) is 0 Å². The van der Waals surface area contributed by atoms with Crippen LogP contribution in [0.3, 0.4) is 0 Å². The van der Waals surface area contributed by atoms with Gasteiger partial charge in [-0.3, -0.25) is 9.69 Å². The van der Waals surface area contributed by atoms with Gasteiger partial charge in [-0.25, -0.2) is 0 Å². The highest BCUT2D eigenvalue weighted by atomic mass is 32.1. The van der Waals surface area contributed by atoms with Crippen molar-refractivity contribution >= 4 is 28.3 Å². The summed E-state index contributed by atoms with van der Waals surface area (Å²) in [6.07, 6.45) is -4.20. The van der Waals surface area contributed by atoms with E-state index >= 15 is 0 Å². The summed E-state index contributed by atoms with van der Waals surface area (Å²) in [5, 5.41) is 0.529. The number of carbonyl (C=O) groups excluding carboxylic acids is 1. The van der Waals surface area contributed by atoms with Gasteiger partial charge in [0.05, 0.1) is 6.54 Å². The number of aromatic nitrogens is 1. The van der Waals surface area contributed by atoms with Gasteiger partial charge in [0.15, 0.2) is 5.82 Å². The number of amides is 1. The summed E-state index contributed by atoms with van der Waals surface area (Å²) < 4.78 is 40.8. The first-order valence-electron chi connectivity index (χ1n) is 5.87. The van der Waals surface area contributed by atoms with Crippen LogP contribution in [0.2, 0.25) is 0 Å².